The smallest absolute Gasteiger partial charge is 0.144 e. The summed E-state index contributed by atoms with van der Waals surface area (Å²) in [6, 6.07) is 4.38. The number of thioether (sulfide) groups is 1. The normalized spacial score (nSPS) is 11.9. The Morgan fingerprint density at radius 2 is 2.38 bits per heavy atom. The molecule has 0 amide bonds. The number of aromatic nitrogens is 1. The van der Waals surface area contributed by atoms with Gasteiger partial charge in [0.2, 0.25) is 0 Å². The zero-order valence-electron chi connectivity index (χ0n) is 9.95. The van der Waals surface area contributed by atoms with Crippen LogP contribution < -0.4 is 5.32 Å². The summed E-state index contributed by atoms with van der Waals surface area (Å²) in [7, 11) is 0. The maximum atomic E-state index is 9.05. The molecule has 0 saturated heterocycles. The van der Waals surface area contributed by atoms with Crippen LogP contribution in [-0.4, -0.2) is 22.5 Å². The van der Waals surface area contributed by atoms with Gasteiger partial charge >= 0.3 is 0 Å². The van der Waals surface area contributed by atoms with Crippen LogP contribution in [0.4, 0.5) is 5.82 Å². The minimum atomic E-state index is 0.325. The van der Waals surface area contributed by atoms with Gasteiger partial charge in [-0.1, -0.05) is 6.92 Å². The molecule has 0 aliphatic heterocycles. The first-order valence-corrected chi connectivity index (χ1v) is 6.54. The molecule has 0 spiro atoms. The molecule has 1 heterocycles. The molecule has 16 heavy (non-hydrogen) atoms. The fraction of sp³-hybridized carbons (Fsp3) is 0.500. The first-order chi connectivity index (χ1) is 7.69. The topological polar surface area (TPSA) is 48.7 Å². The Morgan fingerprint density at radius 1 is 1.62 bits per heavy atom. The van der Waals surface area contributed by atoms with Gasteiger partial charge in [-0.15, -0.1) is 0 Å². The lowest BCUT2D eigenvalue weighted by atomic mass is 10.1. The molecule has 0 aliphatic carbocycles. The van der Waals surface area contributed by atoms with Crippen molar-refractivity contribution in [2.75, 3.05) is 16.8 Å². The zero-order chi connectivity index (χ0) is 12.0. The van der Waals surface area contributed by atoms with Gasteiger partial charge < -0.3 is 5.32 Å². The fourth-order valence-electron chi connectivity index (χ4n) is 1.38. The fourth-order valence-corrected chi connectivity index (χ4v) is 2.05. The van der Waals surface area contributed by atoms with Crippen molar-refractivity contribution in [1.82, 2.24) is 4.98 Å². The molecule has 0 radical (unpaired) electrons. The molecule has 0 aliphatic rings. The van der Waals surface area contributed by atoms with Crippen LogP contribution in [0.5, 0.6) is 0 Å². The van der Waals surface area contributed by atoms with Crippen LogP contribution in [0.2, 0.25) is 0 Å². The van der Waals surface area contributed by atoms with E-state index in [1.54, 1.807) is 6.20 Å². The van der Waals surface area contributed by atoms with E-state index in [2.05, 4.69) is 30.2 Å². The van der Waals surface area contributed by atoms with E-state index in [0.717, 1.165) is 17.1 Å². The quantitative estimate of drug-likeness (QED) is 0.852. The Bertz CT molecular complexity index is 384. The Balaban J connectivity index is 2.74. The number of nitrogens with zero attached hydrogens (tertiary/aromatic N) is 2. The molecule has 1 aromatic heterocycles. The van der Waals surface area contributed by atoms with E-state index in [9.17, 15) is 0 Å². The molecule has 1 N–H and O–H groups in total. The predicted molar refractivity (Wildman–Crippen MR) is 69.8 cm³/mol. The van der Waals surface area contributed by atoms with E-state index < -0.39 is 0 Å². The van der Waals surface area contributed by atoms with Crippen molar-refractivity contribution in [3.63, 3.8) is 0 Å². The largest absolute Gasteiger partial charge is 0.366 e. The van der Waals surface area contributed by atoms with Crippen molar-refractivity contribution in [1.29, 1.82) is 5.26 Å². The van der Waals surface area contributed by atoms with Crippen molar-refractivity contribution in [3.05, 3.63) is 23.4 Å². The molecule has 1 atom stereocenters. The first-order valence-electron chi connectivity index (χ1n) is 5.39. The third kappa shape index (κ3) is 3.42. The number of aryl methyl sites for hydroxylation is 1. The van der Waals surface area contributed by atoms with Gasteiger partial charge in [-0.2, -0.15) is 17.0 Å². The Morgan fingerprint density at radius 3 is 3.00 bits per heavy atom. The lowest BCUT2D eigenvalue weighted by molar-refractivity contribution is 0.900. The second-order valence-electron chi connectivity index (χ2n) is 3.67. The molecule has 0 bridgehead atoms. The molecule has 1 rings (SSSR count). The zero-order valence-corrected chi connectivity index (χ0v) is 10.8. The number of hydrogen-bond acceptors (Lipinski definition) is 4. The van der Waals surface area contributed by atoms with Crippen LogP contribution in [-0.2, 0) is 0 Å². The second-order valence-corrected chi connectivity index (χ2v) is 4.99. The second kappa shape index (κ2) is 6.39. The van der Waals surface area contributed by atoms with Crippen molar-refractivity contribution >= 4 is 17.6 Å². The third-order valence-electron chi connectivity index (χ3n) is 2.23. The number of nitrogens with one attached hydrogen (secondary N) is 1. The standard InChI is InChI=1S/C12H17N3S/c1-4-16-8-10(3)15-12-11(7-13)9(2)5-6-14-12/h5-6,10H,4,8H2,1-3H3,(H,14,15). The first kappa shape index (κ1) is 12.9. The van der Waals surface area contributed by atoms with E-state index >= 15 is 0 Å². The van der Waals surface area contributed by atoms with E-state index in [4.69, 9.17) is 5.26 Å². The van der Waals surface area contributed by atoms with Gasteiger partial charge in [-0.3, -0.25) is 0 Å². The minimum absolute atomic E-state index is 0.325. The average Bonchev–Trinajstić information content (AvgIpc) is 2.27. The summed E-state index contributed by atoms with van der Waals surface area (Å²) in [6.45, 7) is 6.17. The molecule has 0 fully saturated rings. The maximum Gasteiger partial charge on any atom is 0.144 e. The van der Waals surface area contributed by atoms with Gasteiger partial charge in [0.15, 0.2) is 0 Å². The van der Waals surface area contributed by atoms with E-state index in [-0.39, 0.29) is 0 Å². The van der Waals surface area contributed by atoms with Crippen LogP contribution in [0.15, 0.2) is 12.3 Å². The van der Waals surface area contributed by atoms with Crippen LogP contribution in [0.25, 0.3) is 0 Å². The highest BCUT2D eigenvalue weighted by Gasteiger charge is 2.09. The van der Waals surface area contributed by atoms with Gasteiger partial charge in [0.25, 0.3) is 0 Å². The number of nitriles is 1. The lowest BCUT2D eigenvalue weighted by Gasteiger charge is -2.15. The number of rotatable bonds is 5. The third-order valence-corrected chi connectivity index (χ3v) is 3.37. The van der Waals surface area contributed by atoms with Gasteiger partial charge in [0, 0.05) is 18.0 Å². The monoisotopic (exact) mass is 235 g/mol. The molecule has 1 aromatic rings. The Hall–Kier alpha value is -1.21. The molecule has 3 nitrogen and oxygen atoms in total. The summed E-state index contributed by atoms with van der Waals surface area (Å²) in [5.41, 5.74) is 1.62. The highest BCUT2D eigenvalue weighted by atomic mass is 32.2. The average molecular weight is 235 g/mol. The van der Waals surface area contributed by atoms with Crippen LogP contribution in [0.1, 0.15) is 25.0 Å². The van der Waals surface area contributed by atoms with Crippen molar-refractivity contribution in [2.45, 2.75) is 26.8 Å². The highest BCUT2D eigenvalue weighted by molar-refractivity contribution is 7.99. The summed E-state index contributed by atoms with van der Waals surface area (Å²) in [5.74, 6) is 2.83. The number of hydrogen-bond donors (Lipinski definition) is 1. The van der Waals surface area contributed by atoms with E-state index in [1.807, 2.05) is 24.8 Å². The molecule has 4 heteroatoms. The van der Waals surface area contributed by atoms with Gasteiger partial charge in [0.1, 0.15) is 11.9 Å². The minimum Gasteiger partial charge on any atom is -0.366 e. The molecule has 0 aromatic carbocycles. The summed E-state index contributed by atoms with van der Waals surface area (Å²) in [4.78, 5) is 4.22. The number of pyridine rings is 1. The van der Waals surface area contributed by atoms with Gasteiger partial charge in [-0.05, 0) is 31.2 Å². The summed E-state index contributed by atoms with van der Waals surface area (Å²) in [6.07, 6.45) is 1.73. The van der Waals surface area contributed by atoms with Gasteiger partial charge in [-0.25, -0.2) is 4.98 Å². The van der Waals surface area contributed by atoms with Crippen molar-refractivity contribution < 1.29 is 0 Å². The Kier molecular flexibility index (Phi) is 5.13. The van der Waals surface area contributed by atoms with Crippen LogP contribution >= 0.6 is 11.8 Å². The molecular weight excluding hydrogens is 218 g/mol. The summed E-state index contributed by atoms with van der Waals surface area (Å²) in [5, 5.41) is 12.3. The van der Waals surface area contributed by atoms with Crippen LogP contribution in [0, 0.1) is 18.3 Å². The SMILES string of the molecule is CCSCC(C)Nc1nccc(C)c1C#N. The molecule has 0 saturated carbocycles. The van der Waals surface area contributed by atoms with E-state index in [0.29, 0.717) is 17.4 Å². The highest BCUT2D eigenvalue weighted by Crippen LogP contribution is 2.16. The molecule has 86 valence electrons. The van der Waals surface area contributed by atoms with Crippen molar-refractivity contribution in [2.24, 2.45) is 0 Å². The van der Waals surface area contributed by atoms with Gasteiger partial charge in [0.05, 0.1) is 5.56 Å². The molecular formula is C12H17N3S. The van der Waals surface area contributed by atoms with Crippen molar-refractivity contribution in [3.8, 4) is 6.07 Å². The van der Waals surface area contributed by atoms with Crippen LogP contribution in [0.3, 0.4) is 0 Å². The number of anilines is 1. The van der Waals surface area contributed by atoms with E-state index in [1.165, 1.54) is 0 Å². The maximum absolute atomic E-state index is 9.05. The summed E-state index contributed by atoms with van der Waals surface area (Å²) < 4.78 is 0. The molecule has 1 unspecified atom stereocenters. The summed E-state index contributed by atoms with van der Waals surface area (Å²) >= 11 is 1.88. The predicted octanol–water partition coefficient (Wildman–Crippen LogP) is 2.82. The lowest BCUT2D eigenvalue weighted by Crippen LogP contribution is -2.19. The Labute approximate surface area is 101 Å².